The van der Waals surface area contributed by atoms with Crippen LogP contribution in [-0.2, 0) is 21.6 Å². The predicted molar refractivity (Wildman–Crippen MR) is 69.5 cm³/mol. The summed E-state index contributed by atoms with van der Waals surface area (Å²) in [6.07, 6.45) is 3.71. The van der Waals surface area contributed by atoms with Crippen LogP contribution in [0.5, 0.6) is 0 Å². The van der Waals surface area contributed by atoms with E-state index < -0.39 is 17.2 Å². The van der Waals surface area contributed by atoms with Crippen molar-refractivity contribution in [2.24, 2.45) is 0 Å². The van der Waals surface area contributed by atoms with Gasteiger partial charge in [0, 0.05) is 18.2 Å². The van der Waals surface area contributed by atoms with Crippen LogP contribution in [0.4, 0.5) is 4.39 Å². The Kier molecular flexibility index (Phi) is 4.20. The first kappa shape index (κ1) is 14.0. The molecule has 0 heterocycles. The van der Waals surface area contributed by atoms with Gasteiger partial charge in [0.05, 0.1) is 12.0 Å². The Morgan fingerprint density at radius 1 is 1.37 bits per heavy atom. The number of carboxylic acid groups (broad SMARTS) is 1. The Morgan fingerprint density at radius 2 is 2.05 bits per heavy atom. The fraction of sp³-hybridized carbons (Fsp3) is 0.533. The molecule has 0 bridgehead atoms. The van der Waals surface area contributed by atoms with Crippen LogP contribution < -0.4 is 0 Å². The highest BCUT2D eigenvalue weighted by Gasteiger charge is 2.43. The predicted octanol–water partition coefficient (Wildman–Crippen LogP) is 3.26. The monoisotopic (exact) mass is 266 g/mol. The first-order valence-corrected chi connectivity index (χ1v) is 6.62. The van der Waals surface area contributed by atoms with Crippen molar-refractivity contribution in [3.05, 3.63) is 35.1 Å². The summed E-state index contributed by atoms with van der Waals surface area (Å²) < 4.78 is 19.5. The van der Waals surface area contributed by atoms with Gasteiger partial charge < -0.3 is 9.84 Å². The van der Waals surface area contributed by atoms with Crippen LogP contribution in [0.2, 0.25) is 0 Å². The number of hydrogen-bond donors (Lipinski definition) is 1. The molecule has 0 saturated heterocycles. The Morgan fingerprint density at radius 3 is 2.63 bits per heavy atom. The van der Waals surface area contributed by atoms with Crippen molar-refractivity contribution in [1.82, 2.24) is 0 Å². The molecule has 3 nitrogen and oxygen atoms in total. The fourth-order valence-corrected chi connectivity index (χ4v) is 2.97. The number of rotatable bonds is 4. The molecule has 1 aliphatic carbocycles. The van der Waals surface area contributed by atoms with Crippen LogP contribution in [0, 0.1) is 5.82 Å². The zero-order valence-electron chi connectivity index (χ0n) is 11.1. The lowest BCUT2D eigenvalue weighted by atomic mass is 9.69. The maximum absolute atomic E-state index is 14.5. The highest BCUT2D eigenvalue weighted by Crippen LogP contribution is 2.41. The van der Waals surface area contributed by atoms with Crippen LogP contribution in [0.25, 0.3) is 0 Å². The summed E-state index contributed by atoms with van der Waals surface area (Å²) >= 11 is 0. The Balaban J connectivity index is 2.48. The smallest absolute Gasteiger partial charge is 0.314 e. The van der Waals surface area contributed by atoms with Gasteiger partial charge in [-0.25, -0.2) is 4.39 Å². The lowest BCUT2D eigenvalue weighted by molar-refractivity contribution is -0.145. The van der Waals surface area contributed by atoms with Crippen molar-refractivity contribution in [3.63, 3.8) is 0 Å². The second-order valence-corrected chi connectivity index (χ2v) is 5.16. The molecular weight excluding hydrogens is 247 g/mol. The highest BCUT2D eigenvalue weighted by atomic mass is 19.1. The number of ether oxygens (including phenoxy) is 1. The van der Waals surface area contributed by atoms with E-state index in [-0.39, 0.29) is 6.61 Å². The molecule has 19 heavy (non-hydrogen) atoms. The summed E-state index contributed by atoms with van der Waals surface area (Å²) in [6.45, 7) is 0.162. The van der Waals surface area contributed by atoms with Crippen molar-refractivity contribution in [3.8, 4) is 0 Å². The van der Waals surface area contributed by atoms with Gasteiger partial charge in [0.2, 0.25) is 0 Å². The molecule has 0 unspecified atom stereocenters. The molecule has 0 spiro atoms. The van der Waals surface area contributed by atoms with Crippen LogP contribution in [-0.4, -0.2) is 18.2 Å². The topological polar surface area (TPSA) is 46.5 Å². The third-order valence-corrected chi connectivity index (χ3v) is 4.01. The number of halogens is 1. The lowest BCUT2D eigenvalue weighted by Gasteiger charge is -2.34. The molecule has 0 atom stereocenters. The molecule has 104 valence electrons. The van der Waals surface area contributed by atoms with Crippen LogP contribution in [0.1, 0.15) is 43.2 Å². The van der Waals surface area contributed by atoms with E-state index in [0.717, 1.165) is 19.3 Å². The van der Waals surface area contributed by atoms with Gasteiger partial charge in [-0.1, -0.05) is 37.5 Å². The van der Waals surface area contributed by atoms with Crippen molar-refractivity contribution >= 4 is 5.97 Å². The SMILES string of the molecule is COCc1cccc(C2(C(=O)O)CCCCC2)c1F. The molecular formula is C15H19FO3. The molecule has 1 aliphatic rings. The third kappa shape index (κ3) is 2.50. The molecule has 1 fully saturated rings. The van der Waals surface area contributed by atoms with E-state index in [2.05, 4.69) is 0 Å². The second-order valence-electron chi connectivity index (χ2n) is 5.16. The highest BCUT2D eigenvalue weighted by molar-refractivity contribution is 5.81. The Hall–Kier alpha value is -1.42. The zero-order valence-corrected chi connectivity index (χ0v) is 11.1. The zero-order chi connectivity index (χ0) is 13.9. The number of carboxylic acids is 1. The quantitative estimate of drug-likeness (QED) is 0.909. The molecule has 0 radical (unpaired) electrons. The largest absolute Gasteiger partial charge is 0.481 e. The van der Waals surface area contributed by atoms with E-state index in [1.165, 1.54) is 7.11 Å². The molecule has 2 rings (SSSR count). The van der Waals surface area contributed by atoms with Gasteiger partial charge in [-0.15, -0.1) is 0 Å². The van der Waals surface area contributed by atoms with Crippen molar-refractivity contribution < 1.29 is 19.0 Å². The van der Waals surface area contributed by atoms with E-state index >= 15 is 0 Å². The summed E-state index contributed by atoms with van der Waals surface area (Å²) in [5, 5.41) is 9.59. The maximum Gasteiger partial charge on any atom is 0.314 e. The summed E-state index contributed by atoms with van der Waals surface area (Å²) in [7, 11) is 1.50. The molecule has 0 aliphatic heterocycles. The number of methoxy groups -OCH3 is 1. The van der Waals surface area contributed by atoms with Crippen molar-refractivity contribution in [2.75, 3.05) is 7.11 Å². The van der Waals surface area contributed by atoms with E-state index in [1.54, 1.807) is 18.2 Å². The first-order valence-electron chi connectivity index (χ1n) is 6.62. The average molecular weight is 266 g/mol. The molecule has 4 heteroatoms. The number of hydrogen-bond acceptors (Lipinski definition) is 2. The van der Waals surface area contributed by atoms with Gasteiger partial charge in [0.25, 0.3) is 0 Å². The molecule has 1 N–H and O–H groups in total. The van der Waals surface area contributed by atoms with E-state index in [9.17, 15) is 14.3 Å². The summed E-state index contributed by atoms with van der Waals surface area (Å²) in [5.41, 5.74) is -0.327. The minimum absolute atomic E-state index is 0.162. The van der Waals surface area contributed by atoms with Gasteiger partial charge >= 0.3 is 5.97 Å². The minimum atomic E-state index is -1.06. The van der Waals surface area contributed by atoms with Gasteiger partial charge in [0.1, 0.15) is 5.82 Å². The molecule has 1 saturated carbocycles. The molecule has 1 aromatic rings. The minimum Gasteiger partial charge on any atom is -0.481 e. The number of benzene rings is 1. The maximum atomic E-state index is 14.5. The molecule has 1 aromatic carbocycles. The molecule has 0 aromatic heterocycles. The fourth-order valence-electron chi connectivity index (χ4n) is 2.97. The summed E-state index contributed by atoms with van der Waals surface area (Å²) in [4.78, 5) is 11.7. The van der Waals surface area contributed by atoms with Gasteiger partial charge in [-0.3, -0.25) is 4.79 Å². The van der Waals surface area contributed by atoms with Crippen molar-refractivity contribution in [1.29, 1.82) is 0 Å². The van der Waals surface area contributed by atoms with Gasteiger partial charge in [-0.2, -0.15) is 0 Å². The second kappa shape index (κ2) is 5.70. The lowest BCUT2D eigenvalue weighted by Crippen LogP contribution is -2.38. The van der Waals surface area contributed by atoms with Crippen LogP contribution in [0.3, 0.4) is 0 Å². The average Bonchev–Trinajstić information content (AvgIpc) is 2.42. The summed E-state index contributed by atoms with van der Waals surface area (Å²) in [6, 6.07) is 4.96. The first-order chi connectivity index (χ1) is 9.12. The standard InChI is InChI=1S/C15H19FO3/c1-19-10-11-6-5-7-12(13(11)16)15(14(17)18)8-3-2-4-9-15/h5-7H,2-4,8-10H2,1H3,(H,17,18). The normalized spacial score (nSPS) is 18.2. The van der Waals surface area contributed by atoms with E-state index in [1.807, 2.05) is 0 Å². The number of carbonyl (C=O) groups is 1. The van der Waals surface area contributed by atoms with Crippen LogP contribution in [0.15, 0.2) is 18.2 Å². The number of aliphatic carboxylic acids is 1. The summed E-state index contributed by atoms with van der Waals surface area (Å²) in [5.74, 6) is -1.34. The van der Waals surface area contributed by atoms with Gasteiger partial charge in [-0.05, 0) is 12.8 Å². The third-order valence-electron chi connectivity index (χ3n) is 4.01. The van der Waals surface area contributed by atoms with Gasteiger partial charge in [0.15, 0.2) is 0 Å². The molecule has 0 amide bonds. The van der Waals surface area contributed by atoms with E-state index in [0.29, 0.717) is 24.0 Å². The Labute approximate surface area is 112 Å². The van der Waals surface area contributed by atoms with Crippen molar-refractivity contribution in [2.45, 2.75) is 44.1 Å². The van der Waals surface area contributed by atoms with E-state index in [4.69, 9.17) is 4.74 Å². The van der Waals surface area contributed by atoms with Crippen LogP contribution >= 0.6 is 0 Å². The Bertz CT molecular complexity index is 464.